The van der Waals surface area contributed by atoms with Crippen molar-refractivity contribution >= 4 is 37.7 Å². The number of aryl methyl sites for hydroxylation is 2. The molecule has 3 rings (SSSR count). The number of benzene rings is 2. The van der Waals surface area contributed by atoms with Gasteiger partial charge in [0.05, 0.1) is 5.52 Å². The summed E-state index contributed by atoms with van der Waals surface area (Å²) in [4.78, 5) is 0. The van der Waals surface area contributed by atoms with Crippen molar-refractivity contribution in [2.24, 2.45) is 0 Å². The van der Waals surface area contributed by atoms with Gasteiger partial charge in [0.25, 0.3) is 0 Å². The number of nitrogens with zero attached hydrogens (tertiary/aromatic N) is 1. The molecule has 2 aromatic carbocycles. The van der Waals surface area contributed by atoms with E-state index in [0.29, 0.717) is 6.04 Å². The van der Waals surface area contributed by atoms with Gasteiger partial charge in [-0.1, -0.05) is 28.1 Å². The van der Waals surface area contributed by atoms with E-state index in [1.807, 2.05) is 0 Å². The normalized spacial score (nSPS) is 11.9. The second kappa shape index (κ2) is 4.38. The van der Waals surface area contributed by atoms with Crippen LogP contribution >= 0.6 is 15.9 Å². The topological polar surface area (TPSA) is 4.93 Å². The van der Waals surface area contributed by atoms with Crippen LogP contribution in [0.4, 0.5) is 0 Å². The van der Waals surface area contributed by atoms with Crippen LogP contribution in [0, 0.1) is 13.8 Å². The van der Waals surface area contributed by atoms with Gasteiger partial charge in [-0.05, 0) is 57.0 Å². The number of hydrogen-bond acceptors (Lipinski definition) is 0. The molecule has 0 atom stereocenters. The highest BCUT2D eigenvalue weighted by Crippen LogP contribution is 2.36. The highest BCUT2D eigenvalue weighted by Gasteiger charge is 2.16. The van der Waals surface area contributed by atoms with E-state index >= 15 is 0 Å². The minimum absolute atomic E-state index is 0.460. The summed E-state index contributed by atoms with van der Waals surface area (Å²) >= 11 is 3.60. The zero-order valence-electron chi connectivity index (χ0n) is 11.8. The Balaban J connectivity index is 2.66. The van der Waals surface area contributed by atoms with Gasteiger partial charge < -0.3 is 4.57 Å². The van der Waals surface area contributed by atoms with E-state index in [9.17, 15) is 0 Å². The highest BCUT2D eigenvalue weighted by molar-refractivity contribution is 9.10. The maximum absolute atomic E-state index is 3.60. The van der Waals surface area contributed by atoms with Crippen molar-refractivity contribution in [2.75, 3.05) is 0 Å². The number of fused-ring (bicyclic) bond motifs is 3. The Morgan fingerprint density at radius 3 is 2.37 bits per heavy atom. The minimum atomic E-state index is 0.460. The molecule has 0 fully saturated rings. The zero-order valence-corrected chi connectivity index (χ0v) is 13.4. The molecule has 0 aliphatic heterocycles. The monoisotopic (exact) mass is 315 g/mol. The first-order valence-corrected chi connectivity index (χ1v) is 7.49. The largest absolute Gasteiger partial charge is 0.338 e. The van der Waals surface area contributed by atoms with Crippen LogP contribution in [-0.4, -0.2) is 4.57 Å². The lowest BCUT2D eigenvalue weighted by molar-refractivity contribution is 0.641. The summed E-state index contributed by atoms with van der Waals surface area (Å²) in [7, 11) is 0. The predicted octanol–water partition coefficient (Wildman–Crippen LogP) is 5.75. The molecule has 1 nitrogen and oxygen atoms in total. The lowest BCUT2D eigenvalue weighted by Gasteiger charge is -2.13. The second-order valence-corrected chi connectivity index (χ2v) is 6.46. The van der Waals surface area contributed by atoms with Gasteiger partial charge in [-0.25, -0.2) is 0 Å². The maximum Gasteiger partial charge on any atom is 0.0526 e. The van der Waals surface area contributed by atoms with Crippen molar-refractivity contribution in [1.29, 1.82) is 0 Å². The van der Waals surface area contributed by atoms with Crippen LogP contribution in [0.1, 0.15) is 31.0 Å². The molecule has 1 heterocycles. The van der Waals surface area contributed by atoms with E-state index in [2.05, 4.69) is 78.5 Å². The van der Waals surface area contributed by atoms with Gasteiger partial charge in [-0.3, -0.25) is 0 Å². The molecular weight excluding hydrogens is 298 g/mol. The molecule has 19 heavy (non-hydrogen) atoms. The van der Waals surface area contributed by atoms with E-state index < -0.39 is 0 Å². The lowest BCUT2D eigenvalue weighted by Crippen LogP contribution is -2.01. The first-order valence-electron chi connectivity index (χ1n) is 6.70. The van der Waals surface area contributed by atoms with E-state index in [1.54, 1.807) is 0 Å². The summed E-state index contributed by atoms with van der Waals surface area (Å²) in [5.41, 5.74) is 5.40. The third-order valence-electron chi connectivity index (χ3n) is 3.83. The Hall–Kier alpha value is -1.28. The third-order valence-corrected chi connectivity index (χ3v) is 4.33. The van der Waals surface area contributed by atoms with Gasteiger partial charge in [0.2, 0.25) is 0 Å². The Labute approximate surface area is 122 Å². The van der Waals surface area contributed by atoms with Crippen molar-refractivity contribution in [3.8, 4) is 0 Å². The van der Waals surface area contributed by atoms with Crippen LogP contribution in [0.15, 0.2) is 34.8 Å². The predicted molar refractivity (Wildman–Crippen MR) is 87.0 cm³/mol. The number of hydrogen-bond donors (Lipinski definition) is 0. The molecule has 0 saturated heterocycles. The average Bonchev–Trinajstić information content (AvgIpc) is 2.69. The van der Waals surface area contributed by atoms with Gasteiger partial charge >= 0.3 is 0 Å². The van der Waals surface area contributed by atoms with Gasteiger partial charge in [0.1, 0.15) is 0 Å². The fraction of sp³-hybridized carbons (Fsp3) is 0.294. The standard InChI is InChI=1S/C17H18BrN/c1-10(2)19-15-8-7-13(18)9-14(15)16-11(3)5-6-12(4)17(16)19/h5-10H,1-4H3. The van der Waals surface area contributed by atoms with Crippen LogP contribution < -0.4 is 0 Å². The van der Waals surface area contributed by atoms with Crippen LogP contribution in [0.3, 0.4) is 0 Å². The Bertz CT molecular complexity index is 781. The average molecular weight is 316 g/mol. The SMILES string of the molecule is Cc1ccc(C)c2c1c1cc(Br)ccc1n2C(C)C. The van der Waals surface area contributed by atoms with Crippen LogP contribution in [0.5, 0.6) is 0 Å². The number of halogens is 1. The molecule has 0 amide bonds. The van der Waals surface area contributed by atoms with Crippen molar-refractivity contribution < 1.29 is 0 Å². The van der Waals surface area contributed by atoms with E-state index in [4.69, 9.17) is 0 Å². The molecule has 0 aliphatic rings. The van der Waals surface area contributed by atoms with E-state index in [-0.39, 0.29) is 0 Å². The van der Waals surface area contributed by atoms with Gasteiger partial charge in [0, 0.05) is 26.8 Å². The Morgan fingerprint density at radius 1 is 1.00 bits per heavy atom. The van der Waals surface area contributed by atoms with Gasteiger partial charge in [-0.15, -0.1) is 0 Å². The first-order chi connectivity index (χ1) is 9.00. The van der Waals surface area contributed by atoms with Gasteiger partial charge in [-0.2, -0.15) is 0 Å². The lowest BCUT2D eigenvalue weighted by atomic mass is 10.0. The minimum Gasteiger partial charge on any atom is -0.338 e. The van der Waals surface area contributed by atoms with Gasteiger partial charge in [0.15, 0.2) is 0 Å². The van der Waals surface area contributed by atoms with Crippen LogP contribution in [0.25, 0.3) is 21.8 Å². The summed E-state index contributed by atoms with van der Waals surface area (Å²) in [6.07, 6.45) is 0. The molecule has 1 aromatic heterocycles. The zero-order chi connectivity index (χ0) is 13.7. The quantitative estimate of drug-likeness (QED) is 0.538. The smallest absolute Gasteiger partial charge is 0.0526 e. The molecular formula is C17H18BrN. The molecule has 0 bridgehead atoms. The molecule has 0 unspecified atom stereocenters. The molecule has 2 heteroatoms. The van der Waals surface area contributed by atoms with Crippen LogP contribution in [-0.2, 0) is 0 Å². The summed E-state index contributed by atoms with van der Waals surface area (Å²) in [6, 6.07) is 11.5. The van der Waals surface area contributed by atoms with Crippen molar-refractivity contribution in [1.82, 2.24) is 4.57 Å². The van der Waals surface area contributed by atoms with Crippen molar-refractivity contribution in [3.05, 3.63) is 45.9 Å². The molecule has 0 saturated carbocycles. The van der Waals surface area contributed by atoms with E-state index in [1.165, 1.54) is 32.9 Å². The van der Waals surface area contributed by atoms with Crippen molar-refractivity contribution in [3.63, 3.8) is 0 Å². The van der Waals surface area contributed by atoms with Crippen molar-refractivity contribution in [2.45, 2.75) is 33.7 Å². The highest BCUT2D eigenvalue weighted by atomic mass is 79.9. The fourth-order valence-electron chi connectivity index (χ4n) is 3.02. The molecule has 0 radical (unpaired) electrons. The maximum atomic E-state index is 3.60. The molecule has 0 N–H and O–H groups in total. The summed E-state index contributed by atoms with van der Waals surface area (Å²) in [5.74, 6) is 0. The second-order valence-electron chi connectivity index (χ2n) is 5.55. The summed E-state index contributed by atoms with van der Waals surface area (Å²) in [6.45, 7) is 8.91. The van der Waals surface area contributed by atoms with E-state index in [0.717, 1.165) is 4.47 Å². The fourth-order valence-corrected chi connectivity index (χ4v) is 3.38. The Morgan fingerprint density at radius 2 is 1.68 bits per heavy atom. The molecule has 0 spiro atoms. The summed E-state index contributed by atoms with van der Waals surface area (Å²) < 4.78 is 3.60. The molecule has 3 aromatic rings. The van der Waals surface area contributed by atoms with Crippen LogP contribution in [0.2, 0.25) is 0 Å². The number of rotatable bonds is 1. The molecule has 0 aliphatic carbocycles. The Kier molecular flexibility index (Phi) is 2.94. The molecule has 98 valence electrons. The number of aromatic nitrogens is 1. The summed E-state index contributed by atoms with van der Waals surface area (Å²) in [5, 5.41) is 2.74. The third kappa shape index (κ3) is 1.81. The first kappa shape index (κ1) is 12.7.